The summed E-state index contributed by atoms with van der Waals surface area (Å²) in [5, 5.41) is 3.34. The molecule has 1 amide bonds. The standard InChI is InChI=1S/C30H54N4O5/c1-4-5-6-7-8-9-10-11-12-13-14-15-16-17-18-19-20-31-21-22-33(25-28(36)39-3)27(35)24-34-23-26(2)29(37)32-30(34)38/h23,31H,4-22,24-25H2,1-3H3,(H,32,37,38). The van der Waals surface area contributed by atoms with Crippen LogP contribution in [0.2, 0.25) is 0 Å². The van der Waals surface area contributed by atoms with Crippen LogP contribution in [0.5, 0.6) is 0 Å². The van der Waals surface area contributed by atoms with Crippen LogP contribution in [-0.2, 0) is 20.9 Å². The summed E-state index contributed by atoms with van der Waals surface area (Å²) < 4.78 is 5.86. The average Bonchev–Trinajstić information content (AvgIpc) is 2.92. The lowest BCUT2D eigenvalue weighted by Crippen LogP contribution is -2.44. The molecule has 1 aromatic rings. The largest absolute Gasteiger partial charge is 0.468 e. The number of aromatic nitrogens is 2. The van der Waals surface area contributed by atoms with Crippen LogP contribution in [0.4, 0.5) is 0 Å². The number of hydrogen-bond acceptors (Lipinski definition) is 6. The number of H-pyrrole nitrogens is 1. The van der Waals surface area contributed by atoms with Gasteiger partial charge in [0.05, 0.1) is 7.11 Å². The second kappa shape index (κ2) is 22.4. The Morgan fingerprint density at radius 2 is 1.36 bits per heavy atom. The van der Waals surface area contributed by atoms with Crippen LogP contribution >= 0.6 is 0 Å². The fourth-order valence-corrected chi connectivity index (χ4v) is 4.63. The van der Waals surface area contributed by atoms with Crippen molar-refractivity contribution in [2.75, 3.05) is 33.3 Å². The van der Waals surface area contributed by atoms with Gasteiger partial charge in [-0.3, -0.25) is 23.9 Å². The number of carbonyl (C=O) groups is 2. The number of esters is 1. The van der Waals surface area contributed by atoms with Crippen LogP contribution in [0, 0.1) is 6.92 Å². The molecule has 0 saturated heterocycles. The third-order valence-corrected chi connectivity index (χ3v) is 7.16. The molecule has 0 aliphatic carbocycles. The van der Waals surface area contributed by atoms with Crippen molar-refractivity contribution in [3.05, 3.63) is 32.6 Å². The van der Waals surface area contributed by atoms with Crippen molar-refractivity contribution in [2.45, 2.75) is 123 Å². The van der Waals surface area contributed by atoms with Gasteiger partial charge in [0.25, 0.3) is 5.56 Å². The first kappa shape index (κ1) is 34.6. The number of unbranched alkanes of at least 4 members (excludes halogenated alkanes) is 15. The van der Waals surface area contributed by atoms with E-state index in [0.717, 1.165) is 17.5 Å². The molecule has 0 bridgehead atoms. The number of methoxy groups -OCH3 is 1. The van der Waals surface area contributed by atoms with Crippen LogP contribution in [0.25, 0.3) is 0 Å². The van der Waals surface area contributed by atoms with Gasteiger partial charge in [-0.05, 0) is 19.9 Å². The Balaban J connectivity index is 2.11. The minimum atomic E-state index is -0.654. The third kappa shape index (κ3) is 17.0. The molecule has 0 atom stereocenters. The molecular weight excluding hydrogens is 496 g/mol. The van der Waals surface area contributed by atoms with Crippen molar-refractivity contribution in [1.29, 1.82) is 0 Å². The van der Waals surface area contributed by atoms with Gasteiger partial charge in [-0.1, -0.05) is 103 Å². The van der Waals surface area contributed by atoms with Crippen molar-refractivity contribution >= 4 is 11.9 Å². The number of hydrogen-bond donors (Lipinski definition) is 2. The monoisotopic (exact) mass is 550 g/mol. The Morgan fingerprint density at radius 1 is 0.846 bits per heavy atom. The van der Waals surface area contributed by atoms with E-state index in [-0.39, 0.29) is 13.1 Å². The smallest absolute Gasteiger partial charge is 0.328 e. The average molecular weight is 551 g/mol. The van der Waals surface area contributed by atoms with E-state index in [2.05, 4.69) is 17.2 Å². The van der Waals surface area contributed by atoms with E-state index in [1.54, 1.807) is 6.92 Å². The lowest BCUT2D eigenvalue weighted by molar-refractivity contribution is -0.147. The van der Waals surface area contributed by atoms with Gasteiger partial charge >= 0.3 is 11.7 Å². The van der Waals surface area contributed by atoms with Crippen LogP contribution in [0.1, 0.15) is 115 Å². The zero-order valence-corrected chi connectivity index (χ0v) is 24.9. The highest BCUT2D eigenvalue weighted by Gasteiger charge is 2.18. The van der Waals surface area contributed by atoms with E-state index in [0.29, 0.717) is 18.7 Å². The Hall–Kier alpha value is -2.42. The first-order valence-electron chi connectivity index (χ1n) is 15.2. The van der Waals surface area contributed by atoms with Gasteiger partial charge in [0.2, 0.25) is 5.91 Å². The van der Waals surface area contributed by atoms with Crippen molar-refractivity contribution < 1.29 is 14.3 Å². The quantitative estimate of drug-likeness (QED) is 0.143. The van der Waals surface area contributed by atoms with Crippen LogP contribution < -0.4 is 16.6 Å². The first-order valence-corrected chi connectivity index (χ1v) is 15.2. The molecule has 9 nitrogen and oxygen atoms in total. The van der Waals surface area contributed by atoms with Crippen molar-refractivity contribution in [3.63, 3.8) is 0 Å². The minimum Gasteiger partial charge on any atom is -0.468 e. The van der Waals surface area contributed by atoms with Gasteiger partial charge in [-0.2, -0.15) is 0 Å². The van der Waals surface area contributed by atoms with E-state index in [9.17, 15) is 19.2 Å². The molecule has 0 saturated carbocycles. The lowest BCUT2D eigenvalue weighted by atomic mass is 10.0. The summed E-state index contributed by atoms with van der Waals surface area (Å²) >= 11 is 0. The zero-order valence-electron chi connectivity index (χ0n) is 24.9. The maximum Gasteiger partial charge on any atom is 0.328 e. The Morgan fingerprint density at radius 3 is 1.87 bits per heavy atom. The maximum absolute atomic E-state index is 12.8. The van der Waals surface area contributed by atoms with Gasteiger partial charge in [0.15, 0.2) is 0 Å². The number of aromatic amines is 1. The number of carbonyl (C=O) groups excluding carboxylic acids is 2. The molecule has 0 aliphatic heterocycles. The van der Waals surface area contributed by atoms with Gasteiger partial charge in [0, 0.05) is 24.8 Å². The summed E-state index contributed by atoms with van der Waals surface area (Å²) in [5.74, 6) is -0.913. The minimum absolute atomic E-state index is 0.187. The zero-order chi connectivity index (χ0) is 28.7. The number of rotatable bonds is 24. The van der Waals surface area contributed by atoms with Gasteiger partial charge in [0.1, 0.15) is 13.1 Å². The molecule has 0 spiro atoms. The van der Waals surface area contributed by atoms with Crippen LogP contribution in [0.3, 0.4) is 0 Å². The number of amides is 1. The normalized spacial score (nSPS) is 11.1. The highest BCUT2D eigenvalue weighted by Crippen LogP contribution is 2.13. The predicted octanol–water partition coefficient (Wildman–Crippen LogP) is 4.70. The van der Waals surface area contributed by atoms with Crippen molar-refractivity contribution in [1.82, 2.24) is 19.8 Å². The SMILES string of the molecule is CCCCCCCCCCCCCCCCCCNCCN(CC(=O)OC)C(=O)Cn1cc(C)c(=O)[nH]c1=O. The molecule has 224 valence electrons. The van der Waals surface area contributed by atoms with E-state index < -0.39 is 23.1 Å². The topological polar surface area (TPSA) is 114 Å². The van der Waals surface area contributed by atoms with E-state index in [1.165, 1.54) is 115 Å². The molecule has 1 heterocycles. The van der Waals surface area contributed by atoms with Gasteiger partial charge in [-0.25, -0.2) is 4.79 Å². The van der Waals surface area contributed by atoms with Crippen molar-refractivity contribution in [2.24, 2.45) is 0 Å². The summed E-state index contributed by atoms with van der Waals surface area (Å²) in [6, 6.07) is 0. The van der Waals surface area contributed by atoms with Crippen LogP contribution in [0.15, 0.2) is 15.8 Å². The molecular formula is C30H54N4O5. The summed E-state index contributed by atoms with van der Waals surface area (Å²) in [5.41, 5.74) is -0.797. The predicted molar refractivity (Wildman–Crippen MR) is 157 cm³/mol. The molecule has 9 heteroatoms. The van der Waals surface area contributed by atoms with E-state index >= 15 is 0 Å². The number of nitrogens with one attached hydrogen (secondary N) is 2. The second-order valence-corrected chi connectivity index (χ2v) is 10.6. The summed E-state index contributed by atoms with van der Waals surface area (Å²) in [6.07, 6.45) is 22.8. The molecule has 2 N–H and O–H groups in total. The fraction of sp³-hybridized carbons (Fsp3) is 0.800. The maximum atomic E-state index is 12.8. The summed E-state index contributed by atoms with van der Waals surface area (Å²) in [4.78, 5) is 51.7. The second-order valence-electron chi connectivity index (χ2n) is 10.6. The Kier molecular flexibility index (Phi) is 19.9. The van der Waals surface area contributed by atoms with E-state index in [4.69, 9.17) is 4.74 Å². The number of aryl methyl sites for hydroxylation is 1. The molecule has 39 heavy (non-hydrogen) atoms. The number of nitrogens with zero attached hydrogens (tertiary/aromatic N) is 2. The van der Waals surface area contributed by atoms with Gasteiger partial charge in [-0.15, -0.1) is 0 Å². The van der Waals surface area contributed by atoms with Gasteiger partial charge < -0.3 is 15.0 Å². The highest BCUT2D eigenvalue weighted by molar-refractivity contribution is 5.81. The van der Waals surface area contributed by atoms with E-state index in [1.807, 2.05) is 0 Å². The molecule has 0 aliphatic rings. The molecule has 0 radical (unpaired) electrons. The van der Waals surface area contributed by atoms with Crippen LogP contribution in [-0.4, -0.2) is 59.6 Å². The lowest BCUT2D eigenvalue weighted by Gasteiger charge is -2.22. The number of ether oxygens (including phenoxy) is 1. The van der Waals surface area contributed by atoms with Crippen molar-refractivity contribution in [3.8, 4) is 0 Å². The first-order chi connectivity index (χ1) is 18.9. The highest BCUT2D eigenvalue weighted by atomic mass is 16.5. The molecule has 0 aromatic carbocycles. The molecule has 0 unspecified atom stereocenters. The summed E-state index contributed by atoms with van der Waals surface area (Å²) in [6.45, 7) is 5.11. The summed E-state index contributed by atoms with van der Waals surface area (Å²) in [7, 11) is 1.27. The molecule has 1 rings (SSSR count). The molecule has 1 aromatic heterocycles. The Bertz CT molecular complexity index is 911. The Labute approximate surface area is 235 Å². The molecule has 0 fully saturated rings. The fourth-order valence-electron chi connectivity index (χ4n) is 4.63. The third-order valence-electron chi connectivity index (χ3n) is 7.16.